The Labute approximate surface area is 223 Å². The van der Waals surface area contributed by atoms with Crippen LogP contribution < -0.4 is 10.2 Å². The Morgan fingerprint density at radius 1 is 1.14 bits per heavy atom. The summed E-state index contributed by atoms with van der Waals surface area (Å²) in [4.78, 5) is 13.7. The molecule has 3 aliphatic carbocycles. The third-order valence-electron chi connectivity index (χ3n) is 8.72. The Balaban J connectivity index is 1.09. The first-order valence-electron chi connectivity index (χ1n) is 12.6. The number of aromatic nitrogens is 4. The van der Waals surface area contributed by atoms with Crippen LogP contribution in [0.15, 0.2) is 24.5 Å². The van der Waals surface area contributed by atoms with Gasteiger partial charge in [-0.1, -0.05) is 23.2 Å². The molecule has 2 N–H and O–H groups in total. The van der Waals surface area contributed by atoms with Crippen molar-refractivity contribution in [3.05, 3.63) is 34.7 Å². The number of hydrogen-bond acceptors (Lipinski definition) is 8. The minimum atomic E-state index is -1.03. The van der Waals surface area contributed by atoms with Crippen molar-refractivity contribution in [3.8, 4) is 0 Å². The Kier molecular flexibility index (Phi) is 5.24. The number of hydrogen-bond donors (Lipinski definition) is 2. The Bertz CT molecular complexity index is 1380. The summed E-state index contributed by atoms with van der Waals surface area (Å²) < 4.78 is 21.3. The van der Waals surface area contributed by atoms with Crippen LogP contribution in [-0.2, 0) is 10.3 Å². The molecule has 2 atom stereocenters. The van der Waals surface area contributed by atoms with Crippen molar-refractivity contribution in [2.45, 2.75) is 49.0 Å². The van der Waals surface area contributed by atoms with Crippen molar-refractivity contribution < 1.29 is 14.2 Å². The number of anilines is 3. The number of benzene rings is 1. The van der Waals surface area contributed by atoms with Crippen LogP contribution in [0.3, 0.4) is 0 Å². The van der Waals surface area contributed by atoms with Crippen molar-refractivity contribution in [2.24, 2.45) is 0 Å². The maximum Gasteiger partial charge on any atom is 0.227 e. The second-order valence-corrected chi connectivity index (χ2v) is 12.0. The topological polar surface area (TPSA) is 91.6 Å². The molecule has 0 radical (unpaired) electrons. The van der Waals surface area contributed by atoms with Crippen molar-refractivity contribution in [1.82, 2.24) is 24.6 Å². The molecule has 0 unspecified atom stereocenters. The molecule has 196 valence electrons. The number of halogens is 3. The quantitative estimate of drug-likeness (QED) is 0.499. The highest BCUT2D eigenvalue weighted by atomic mass is 35.5. The van der Waals surface area contributed by atoms with Gasteiger partial charge < -0.3 is 20.1 Å². The maximum absolute atomic E-state index is 14.0. The fourth-order valence-corrected chi connectivity index (χ4v) is 7.07. The first-order chi connectivity index (χ1) is 17.7. The second kappa shape index (κ2) is 8.13. The molecule has 2 bridgehead atoms. The summed E-state index contributed by atoms with van der Waals surface area (Å²) in [7, 11) is 0. The average molecular weight is 548 g/mol. The lowest BCUT2D eigenvalue weighted by atomic mass is 9.47. The Hall–Kier alpha value is -2.24. The standard InChI is InChI=1S/C25H28Cl2FN7O2/c1-23(14-37-10-20(23)36)34-4-2-33(3-5-34)19-7-17-15(6-16(19)26)8-29-22(31-17)32-18-9-30-35(21(18)27)25-11-24(28,12-25)13-25/h6-9,20,36H,2-5,10-14H2,1H3,(H,29,31,32)/t20-,23+,24?,25?/m1/s1. The van der Waals surface area contributed by atoms with Gasteiger partial charge in [0.15, 0.2) is 5.15 Å². The zero-order valence-electron chi connectivity index (χ0n) is 20.4. The van der Waals surface area contributed by atoms with E-state index in [1.165, 1.54) is 0 Å². The summed E-state index contributed by atoms with van der Waals surface area (Å²) in [6.45, 7) is 6.15. The number of fused-ring (bicyclic) bond motifs is 1. The normalized spacial score (nSPS) is 33.4. The monoisotopic (exact) mass is 547 g/mol. The van der Waals surface area contributed by atoms with Gasteiger partial charge in [0, 0.05) is 57.0 Å². The lowest BCUT2D eigenvalue weighted by molar-refractivity contribution is -0.203. The molecule has 4 heterocycles. The number of rotatable bonds is 5. The highest BCUT2D eigenvalue weighted by Crippen LogP contribution is 2.68. The van der Waals surface area contributed by atoms with E-state index in [1.54, 1.807) is 17.1 Å². The molecule has 0 spiro atoms. The van der Waals surface area contributed by atoms with Crippen LogP contribution in [0, 0.1) is 0 Å². The highest BCUT2D eigenvalue weighted by Gasteiger charge is 2.71. The van der Waals surface area contributed by atoms with Crippen molar-refractivity contribution in [2.75, 3.05) is 49.6 Å². The fourth-order valence-electron chi connectivity index (χ4n) is 6.46. The van der Waals surface area contributed by atoms with Crippen molar-refractivity contribution in [3.63, 3.8) is 0 Å². The SMILES string of the molecule is C[C@]1(N2CCN(c3cc4nc(Nc5cnn(C67CC(F)(C6)C7)c5Cl)ncc4cc3Cl)CC2)COC[C@H]1O. The smallest absolute Gasteiger partial charge is 0.227 e. The number of ether oxygens (including phenoxy) is 1. The number of nitrogens with zero attached hydrogens (tertiary/aromatic N) is 6. The summed E-state index contributed by atoms with van der Waals surface area (Å²) in [6, 6.07) is 3.88. The molecule has 3 aromatic rings. The molecule has 9 nitrogen and oxygen atoms in total. The average Bonchev–Trinajstić information content (AvgIpc) is 3.38. The van der Waals surface area contributed by atoms with Gasteiger partial charge in [-0.2, -0.15) is 5.10 Å². The molecule has 12 heteroatoms. The summed E-state index contributed by atoms with van der Waals surface area (Å²) in [5.41, 5.74) is 0.602. The van der Waals surface area contributed by atoms with Gasteiger partial charge >= 0.3 is 0 Å². The molecular formula is C25H28Cl2FN7O2. The number of aliphatic hydroxyl groups excluding tert-OH is 1. The molecule has 1 aromatic carbocycles. The number of aliphatic hydroxyl groups is 1. The van der Waals surface area contributed by atoms with E-state index in [2.05, 4.69) is 32.1 Å². The lowest BCUT2D eigenvalue weighted by Crippen LogP contribution is -2.70. The molecule has 5 aliphatic rings. The maximum atomic E-state index is 14.0. The first-order valence-corrected chi connectivity index (χ1v) is 13.4. The van der Waals surface area contributed by atoms with Crippen LogP contribution in [0.25, 0.3) is 10.9 Å². The van der Waals surface area contributed by atoms with Crippen LogP contribution in [0.1, 0.15) is 26.2 Å². The highest BCUT2D eigenvalue weighted by molar-refractivity contribution is 6.34. The van der Waals surface area contributed by atoms with Gasteiger partial charge in [0.25, 0.3) is 0 Å². The molecular weight excluding hydrogens is 520 g/mol. The second-order valence-electron chi connectivity index (χ2n) is 11.2. The van der Waals surface area contributed by atoms with Crippen molar-refractivity contribution >= 4 is 51.4 Å². The molecule has 5 fully saturated rings. The number of alkyl halides is 1. The molecule has 8 rings (SSSR count). The van der Waals surface area contributed by atoms with E-state index >= 15 is 0 Å². The van der Waals surface area contributed by atoms with Crippen molar-refractivity contribution in [1.29, 1.82) is 0 Å². The van der Waals surface area contributed by atoms with Crippen LogP contribution in [-0.4, -0.2) is 86.5 Å². The van der Waals surface area contributed by atoms with Gasteiger partial charge in [-0.3, -0.25) is 4.90 Å². The van der Waals surface area contributed by atoms with E-state index in [0.29, 0.717) is 54.3 Å². The lowest BCUT2D eigenvalue weighted by Gasteiger charge is -2.65. The van der Waals surface area contributed by atoms with E-state index in [4.69, 9.17) is 32.9 Å². The van der Waals surface area contributed by atoms with E-state index < -0.39 is 11.8 Å². The largest absolute Gasteiger partial charge is 0.389 e. The molecule has 2 aromatic heterocycles. The van der Waals surface area contributed by atoms with Crippen LogP contribution in [0.5, 0.6) is 0 Å². The zero-order chi connectivity index (χ0) is 25.6. The summed E-state index contributed by atoms with van der Waals surface area (Å²) in [6.07, 6.45) is 4.30. The predicted molar refractivity (Wildman–Crippen MR) is 140 cm³/mol. The van der Waals surface area contributed by atoms with Gasteiger partial charge in [-0.15, -0.1) is 0 Å². The van der Waals surface area contributed by atoms with Gasteiger partial charge in [-0.25, -0.2) is 19.0 Å². The van der Waals surface area contributed by atoms with Gasteiger partial charge in [0.05, 0.1) is 58.5 Å². The minimum Gasteiger partial charge on any atom is -0.389 e. The third-order valence-corrected chi connectivity index (χ3v) is 9.39. The molecule has 37 heavy (non-hydrogen) atoms. The van der Waals surface area contributed by atoms with Gasteiger partial charge in [-0.05, 0) is 19.1 Å². The molecule has 3 saturated carbocycles. The summed E-state index contributed by atoms with van der Waals surface area (Å²) in [5, 5.41) is 19.9. The number of nitrogens with one attached hydrogen (secondary N) is 1. The third kappa shape index (κ3) is 3.64. The molecule has 2 aliphatic heterocycles. The summed E-state index contributed by atoms with van der Waals surface area (Å²) in [5.74, 6) is 0.398. The molecule has 0 amide bonds. The number of piperazine rings is 1. The van der Waals surface area contributed by atoms with E-state index in [-0.39, 0.29) is 11.1 Å². The zero-order valence-corrected chi connectivity index (χ0v) is 21.9. The van der Waals surface area contributed by atoms with Crippen LogP contribution in [0.2, 0.25) is 10.2 Å². The van der Waals surface area contributed by atoms with Crippen LogP contribution in [0.4, 0.5) is 21.7 Å². The van der Waals surface area contributed by atoms with Crippen LogP contribution >= 0.6 is 23.2 Å². The van der Waals surface area contributed by atoms with Gasteiger partial charge in [0.1, 0.15) is 5.67 Å². The summed E-state index contributed by atoms with van der Waals surface area (Å²) >= 11 is 13.3. The minimum absolute atomic E-state index is 0.286. The van der Waals surface area contributed by atoms with E-state index in [1.807, 2.05) is 12.1 Å². The van der Waals surface area contributed by atoms with Gasteiger partial charge in [0.2, 0.25) is 5.95 Å². The van der Waals surface area contributed by atoms with E-state index in [0.717, 1.165) is 42.8 Å². The van der Waals surface area contributed by atoms with E-state index in [9.17, 15) is 9.50 Å². The fraction of sp³-hybridized carbons (Fsp3) is 0.560. The Morgan fingerprint density at radius 3 is 2.57 bits per heavy atom. The predicted octanol–water partition coefficient (Wildman–Crippen LogP) is 3.75. The first kappa shape index (κ1) is 23.8. The molecule has 2 saturated heterocycles. The Morgan fingerprint density at radius 2 is 1.89 bits per heavy atom.